The molecule has 0 atom stereocenters. The highest BCUT2D eigenvalue weighted by Gasteiger charge is 2.16. The highest BCUT2D eigenvalue weighted by molar-refractivity contribution is 5.89. The fourth-order valence-electron chi connectivity index (χ4n) is 2.70. The third-order valence-corrected chi connectivity index (χ3v) is 4.60. The molecule has 0 radical (unpaired) electrons. The summed E-state index contributed by atoms with van der Waals surface area (Å²) in [6, 6.07) is 8.77. The van der Waals surface area contributed by atoms with Crippen LogP contribution in [-0.2, 0) is 23.9 Å². The van der Waals surface area contributed by atoms with E-state index >= 15 is 4.39 Å². The number of rotatable bonds is 13. The Balaban J connectivity index is 2.22. The average molecular weight is 513 g/mol. The van der Waals surface area contributed by atoms with Crippen LogP contribution in [0.1, 0.15) is 20.8 Å². The third kappa shape index (κ3) is 8.96. The first-order valence-corrected chi connectivity index (χ1v) is 11.2. The molecule has 0 aliphatic rings. The van der Waals surface area contributed by atoms with Crippen molar-refractivity contribution in [2.45, 2.75) is 20.8 Å². The minimum Gasteiger partial charge on any atom is -0.486 e. The number of carbonyl (C=O) groups is 3. The third-order valence-electron chi connectivity index (χ3n) is 4.60. The van der Waals surface area contributed by atoms with Gasteiger partial charge in [-0.05, 0) is 44.5 Å². The van der Waals surface area contributed by atoms with Gasteiger partial charge in [-0.25, -0.2) is 18.8 Å². The molecular formula is C28H29FO8. The molecule has 0 N–H and O–H groups in total. The van der Waals surface area contributed by atoms with Gasteiger partial charge in [-0.1, -0.05) is 31.9 Å². The number of hydrogen-bond donors (Lipinski definition) is 0. The van der Waals surface area contributed by atoms with Gasteiger partial charge in [0.1, 0.15) is 38.0 Å². The zero-order valence-electron chi connectivity index (χ0n) is 21.1. The van der Waals surface area contributed by atoms with E-state index in [9.17, 15) is 14.4 Å². The van der Waals surface area contributed by atoms with Crippen LogP contribution >= 0.6 is 0 Å². The number of halogens is 1. The highest BCUT2D eigenvalue weighted by Crippen LogP contribution is 2.36. The van der Waals surface area contributed by atoms with E-state index < -0.39 is 23.7 Å². The molecule has 0 saturated carbocycles. The molecule has 0 fully saturated rings. The number of carbonyl (C=O) groups excluding carboxylic acids is 3. The first-order chi connectivity index (χ1) is 17.5. The molecule has 0 aliphatic carbocycles. The van der Waals surface area contributed by atoms with Crippen molar-refractivity contribution in [2.75, 3.05) is 26.4 Å². The zero-order valence-corrected chi connectivity index (χ0v) is 21.1. The maximum atomic E-state index is 15.1. The van der Waals surface area contributed by atoms with Gasteiger partial charge in [-0.2, -0.15) is 0 Å². The Morgan fingerprint density at radius 2 is 1.16 bits per heavy atom. The Labute approximate surface area is 214 Å². The van der Waals surface area contributed by atoms with Gasteiger partial charge in [0.2, 0.25) is 0 Å². The van der Waals surface area contributed by atoms with Crippen molar-refractivity contribution in [1.29, 1.82) is 0 Å². The van der Waals surface area contributed by atoms with E-state index in [4.69, 9.17) is 23.7 Å². The van der Waals surface area contributed by atoms with Crippen molar-refractivity contribution in [2.24, 2.45) is 0 Å². The SMILES string of the molecule is C=C(C)C(=O)OCCOc1cc(F)c(-c2ccc(OC(=O)C(=C)C)cc2)cc1OCCOC(=O)C(=C)C. The van der Waals surface area contributed by atoms with Gasteiger partial charge in [0.05, 0.1) is 0 Å². The number of hydrogen-bond acceptors (Lipinski definition) is 8. The van der Waals surface area contributed by atoms with Crippen molar-refractivity contribution in [3.05, 3.63) is 78.7 Å². The Bertz CT molecular complexity index is 1200. The summed E-state index contributed by atoms with van der Waals surface area (Å²) in [6.07, 6.45) is 0. The highest BCUT2D eigenvalue weighted by atomic mass is 19.1. The van der Waals surface area contributed by atoms with Crippen LogP contribution in [0.5, 0.6) is 17.2 Å². The summed E-state index contributed by atoms with van der Waals surface area (Å²) in [5, 5.41) is 0. The van der Waals surface area contributed by atoms with E-state index in [1.807, 2.05) is 0 Å². The Morgan fingerprint density at radius 3 is 1.62 bits per heavy atom. The fraction of sp³-hybridized carbons (Fsp3) is 0.250. The van der Waals surface area contributed by atoms with Crippen LogP contribution in [0.2, 0.25) is 0 Å². The smallest absolute Gasteiger partial charge is 0.338 e. The van der Waals surface area contributed by atoms with E-state index in [2.05, 4.69) is 19.7 Å². The van der Waals surface area contributed by atoms with Gasteiger partial charge in [-0.15, -0.1) is 0 Å². The van der Waals surface area contributed by atoms with Crippen LogP contribution < -0.4 is 14.2 Å². The van der Waals surface area contributed by atoms with Crippen LogP contribution in [0.3, 0.4) is 0 Å². The van der Waals surface area contributed by atoms with E-state index in [-0.39, 0.29) is 66.0 Å². The van der Waals surface area contributed by atoms with Crippen LogP contribution in [0.15, 0.2) is 72.9 Å². The molecule has 0 aromatic heterocycles. The first-order valence-electron chi connectivity index (χ1n) is 11.2. The summed E-state index contributed by atoms with van der Waals surface area (Å²) in [7, 11) is 0. The minimum atomic E-state index is -0.610. The standard InChI is InChI=1S/C28H29FO8/c1-17(2)26(30)35-13-11-33-24-15-22(20-7-9-21(10-8-20)37-28(32)19(5)6)23(29)16-25(24)34-12-14-36-27(31)18(3)4/h7-10,15-16H,1,3,5,11-14H2,2,4,6H3. The lowest BCUT2D eigenvalue weighted by atomic mass is 10.0. The van der Waals surface area contributed by atoms with Crippen molar-refractivity contribution < 1.29 is 42.5 Å². The quantitative estimate of drug-likeness (QED) is 0.161. The molecule has 196 valence electrons. The molecule has 0 unspecified atom stereocenters. The lowest BCUT2D eigenvalue weighted by Gasteiger charge is -2.16. The largest absolute Gasteiger partial charge is 0.486 e. The second-order valence-electron chi connectivity index (χ2n) is 8.00. The molecule has 0 spiro atoms. The summed E-state index contributed by atoms with van der Waals surface area (Å²) in [6.45, 7) is 14.8. The van der Waals surface area contributed by atoms with Gasteiger partial charge in [0, 0.05) is 28.3 Å². The van der Waals surface area contributed by atoms with Crippen molar-refractivity contribution in [1.82, 2.24) is 0 Å². The average Bonchev–Trinajstić information content (AvgIpc) is 2.85. The minimum absolute atomic E-state index is 0.0408. The predicted molar refractivity (Wildman–Crippen MR) is 135 cm³/mol. The molecule has 8 nitrogen and oxygen atoms in total. The molecule has 0 bridgehead atoms. The summed E-state index contributed by atoms with van der Waals surface area (Å²) in [5.74, 6) is -1.81. The maximum Gasteiger partial charge on any atom is 0.338 e. The van der Waals surface area contributed by atoms with Crippen LogP contribution in [0.4, 0.5) is 4.39 Å². The Morgan fingerprint density at radius 1 is 0.703 bits per heavy atom. The molecule has 0 saturated heterocycles. The number of esters is 3. The molecule has 9 heteroatoms. The maximum absolute atomic E-state index is 15.1. The molecule has 0 amide bonds. The Hall–Kier alpha value is -4.40. The van der Waals surface area contributed by atoms with Crippen molar-refractivity contribution in [3.63, 3.8) is 0 Å². The van der Waals surface area contributed by atoms with Crippen LogP contribution in [0, 0.1) is 5.82 Å². The molecule has 2 aromatic carbocycles. The lowest BCUT2D eigenvalue weighted by Crippen LogP contribution is -2.14. The zero-order chi connectivity index (χ0) is 27.5. The molecule has 0 aliphatic heterocycles. The van der Waals surface area contributed by atoms with Crippen LogP contribution in [-0.4, -0.2) is 44.3 Å². The van der Waals surface area contributed by atoms with Gasteiger partial charge in [0.15, 0.2) is 11.5 Å². The molecular weight excluding hydrogens is 483 g/mol. The summed E-state index contributed by atoms with van der Waals surface area (Å²) in [4.78, 5) is 34.8. The second kappa shape index (κ2) is 13.6. The normalized spacial score (nSPS) is 10.2. The summed E-state index contributed by atoms with van der Waals surface area (Å²) >= 11 is 0. The molecule has 2 aromatic rings. The number of ether oxygens (including phenoxy) is 5. The van der Waals surface area contributed by atoms with Crippen molar-refractivity contribution >= 4 is 17.9 Å². The lowest BCUT2D eigenvalue weighted by molar-refractivity contribution is -0.140. The Kier molecular flexibility index (Phi) is 10.6. The second-order valence-corrected chi connectivity index (χ2v) is 8.00. The molecule has 37 heavy (non-hydrogen) atoms. The predicted octanol–water partition coefficient (Wildman–Crippen LogP) is 4.97. The summed E-state index contributed by atoms with van der Waals surface area (Å²) < 4.78 is 41.5. The topological polar surface area (TPSA) is 97.4 Å². The van der Waals surface area contributed by atoms with E-state index in [1.165, 1.54) is 39.0 Å². The fourth-order valence-corrected chi connectivity index (χ4v) is 2.70. The first kappa shape index (κ1) is 28.8. The van der Waals surface area contributed by atoms with Gasteiger partial charge >= 0.3 is 17.9 Å². The van der Waals surface area contributed by atoms with Gasteiger partial charge in [0.25, 0.3) is 0 Å². The molecule has 2 rings (SSSR count). The van der Waals surface area contributed by atoms with Gasteiger partial charge in [-0.3, -0.25) is 0 Å². The summed E-state index contributed by atoms with van der Waals surface area (Å²) in [5.41, 5.74) is 1.40. The van der Waals surface area contributed by atoms with E-state index in [0.29, 0.717) is 5.56 Å². The van der Waals surface area contributed by atoms with E-state index in [0.717, 1.165) is 6.07 Å². The van der Waals surface area contributed by atoms with E-state index in [1.54, 1.807) is 12.1 Å². The molecule has 0 heterocycles. The monoisotopic (exact) mass is 512 g/mol. The van der Waals surface area contributed by atoms with Crippen LogP contribution in [0.25, 0.3) is 11.1 Å². The van der Waals surface area contributed by atoms with Gasteiger partial charge < -0.3 is 23.7 Å². The number of benzene rings is 2. The van der Waals surface area contributed by atoms with Crippen molar-refractivity contribution in [3.8, 4) is 28.4 Å².